The van der Waals surface area contributed by atoms with Gasteiger partial charge in [0.15, 0.2) is 0 Å². The molecule has 0 radical (unpaired) electrons. The number of hydrogen-bond donors (Lipinski definition) is 4. The molecule has 0 unspecified atom stereocenters. The molecule has 2 heterocycles. The third-order valence-electron chi connectivity index (χ3n) is 6.03. The number of likely N-dealkylation sites (N-methyl/N-ethyl adjacent to an activating group) is 1. The van der Waals surface area contributed by atoms with Crippen LogP contribution in [0.25, 0.3) is 0 Å². The maximum Gasteiger partial charge on any atom is 0.237 e. The molecule has 0 aromatic heterocycles. The summed E-state index contributed by atoms with van der Waals surface area (Å²) < 4.78 is 5.88. The number of carbonyl (C=O) groups is 1. The van der Waals surface area contributed by atoms with E-state index in [1.807, 2.05) is 13.3 Å². The molecule has 2 saturated heterocycles. The Hall–Kier alpha value is -0.380. The van der Waals surface area contributed by atoms with Crippen LogP contribution in [0.2, 0.25) is 0 Å². The van der Waals surface area contributed by atoms with E-state index in [1.54, 1.807) is 13.8 Å². The van der Waals surface area contributed by atoms with Crippen LogP contribution < -0.4 is 5.32 Å². The van der Waals surface area contributed by atoms with Gasteiger partial charge in [-0.3, -0.25) is 9.69 Å². The lowest BCUT2D eigenvalue weighted by atomic mass is 9.86. The molecular weight excluding hydrogens is 368 g/mol. The van der Waals surface area contributed by atoms with Gasteiger partial charge in [0.2, 0.25) is 5.91 Å². The van der Waals surface area contributed by atoms with Crippen LogP contribution >= 0.6 is 11.8 Å². The third kappa shape index (κ3) is 5.16. The van der Waals surface area contributed by atoms with Crippen LogP contribution in [0.3, 0.4) is 0 Å². The van der Waals surface area contributed by atoms with Crippen molar-refractivity contribution in [3.63, 3.8) is 0 Å². The van der Waals surface area contributed by atoms with Gasteiger partial charge in [-0.15, -0.1) is 11.8 Å². The standard InChI is InChI=1S/C19H36N2O5S/c1-6-7-12-8-13(21(4)9-12)18(25)20-14(11(3)22)17-15(23)10(2)16(24)19(26-17)27-5/h10-17,19,22-24H,6-9H2,1-5H3,(H,20,25)/t10-,11+,12-,13+,14+,15-,16-,17-,19+/m0/s1. The van der Waals surface area contributed by atoms with Crippen molar-refractivity contribution in [2.24, 2.45) is 11.8 Å². The van der Waals surface area contributed by atoms with Gasteiger partial charge in [0.1, 0.15) is 11.5 Å². The number of thioether (sulfide) groups is 1. The number of amides is 1. The summed E-state index contributed by atoms with van der Waals surface area (Å²) in [6.07, 6.45) is 1.39. The summed E-state index contributed by atoms with van der Waals surface area (Å²) in [5.41, 5.74) is -0.505. The van der Waals surface area contributed by atoms with Gasteiger partial charge in [-0.1, -0.05) is 20.3 Å². The van der Waals surface area contributed by atoms with Gasteiger partial charge < -0.3 is 25.4 Å². The van der Waals surface area contributed by atoms with Crippen molar-refractivity contribution in [2.75, 3.05) is 19.8 Å². The summed E-state index contributed by atoms with van der Waals surface area (Å²) >= 11 is 1.36. The molecule has 8 heteroatoms. The van der Waals surface area contributed by atoms with Crippen LogP contribution in [0, 0.1) is 11.8 Å². The molecule has 9 atom stereocenters. The summed E-state index contributed by atoms with van der Waals surface area (Å²) in [4.78, 5) is 15.0. The number of likely N-dealkylation sites (tertiary alicyclic amines) is 1. The number of carbonyl (C=O) groups excluding carboxylic acids is 1. The Kier molecular flexibility index (Phi) is 8.39. The first-order valence-electron chi connectivity index (χ1n) is 9.94. The molecule has 0 bridgehead atoms. The van der Waals surface area contributed by atoms with E-state index in [0.29, 0.717) is 5.92 Å². The van der Waals surface area contributed by atoms with E-state index in [2.05, 4.69) is 17.1 Å². The zero-order chi connectivity index (χ0) is 20.3. The minimum atomic E-state index is -0.975. The van der Waals surface area contributed by atoms with Crippen LogP contribution in [0.4, 0.5) is 0 Å². The average Bonchev–Trinajstić information content (AvgIpc) is 2.99. The predicted octanol–water partition coefficient (Wildman–Crippen LogP) is 0.418. The first kappa shape index (κ1) is 22.9. The fourth-order valence-electron chi connectivity index (χ4n) is 4.32. The largest absolute Gasteiger partial charge is 0.391 e. The van der Waals surface area contributed by atoms with Gasteiger partial charge in [0, 0.05) is 12.5 Å². The SMILES string of the molecule is CCC[C@H]1C[C@H](C(=O)N[C@@H]([C@@H]2O[C@H](SC)[C@@H](O)[C@@H](C)[C@@H]2O)[C@@H](C)O)N(C)C1. The average molecular weight is 405 g/mol. The van der Waals surface area contributed by atoms with E-state index in [4.69, 9.17) is 4.74 Å². The lowest BCUT2D eigenvalue weighted by Crippen LogP contribution is -2.63. The maximum atomic E-state index is 12.9. The van der Waals surface area contributed by atoms with Crippen LogP contribution in [0.1, 0.15) is 40.0 Å². The number of hydrogen-bond acceptors (Lipinski definition) is 7. The van der Waals surface area contributed by atoms with Crippen molar-refractivity contribution in [2.45, 2.75) is 82.0 Å². The Morgan fingerprint density at radius 2 is 2.04 bits per heavy atom. The van der Waals surface area contributed by atoms with E-state index in [1.165, 1.54) is 11.8 Å². The second kappa shape index (κ2) is 9.89. The summed E-state index contributed by atoms with van der Waals surface area (Å²) in [6, 6.07) is -0.974. The number of ether oxygens (including phenoxy) is 1. The Morgan fingerprint density at radius 3 is 2.59 bits per heavy atom. The normalized spacial score (nSPS) is 39.9. The molecule has 2 aliphatic rings. The molecule has 2 aliphatic heterocycles. The fourth-order valence-corrected chi connectivity index (χ4v) is 5.09. The van der Waals surface area contributed by atoms with Crippen molar-refractivity contribution >= 4 is 17.7 Å². The van der Waals surface area contributed by atoms with Gasteiger partial charge in [0.05, 0.1) is 30.4 Å². The first-order valence-corrected chi connectivity index (χ1v) is 11.2. The van der Waals surface area contributed by atoms with Crippen molar-refractivity contribution in [1.29, 1.82) is 0 Å². The topological polar surface area (TPSA) is 102 Å². The quantitative estimate of drug-likeness (QED) is 0.488. The molecule has 0 aromatic rings. The van der Waals surface area contributed by atoms with E-state index < -0.39 is 41.8 Å². The minimum Gasteiger partial charge on any atom is -0.391 e. The minimum absolute atomic E-state index is 0.141. The van der Waals surface area contributed by atoms with E-state index in [9.17, 15) is 20.1 Å². The highest BCUT2D eigenvalue weighted by Gasteiger charge is 2.47. The van der Waals surface area contributed by atoms with E-state index in [0.717, 1.165) is 25.8 Å². The highest BCUT2D eigenvalue weighted by atomic mass is 32.2. The van der Waals surface area contributed by atoms with Gasteiger partial charge in [-0.05, 0) is 39.0 Å². The summed E-state index contributed by atoms with van der Waals surface area (Å²) in [5, 5.41) is 34.1. The smallest absolute Gasteiger partial charge is 0.237 e. The van der Waals surface area contributed by atoms with E-state index in [-0.39, 0.29) is 11.9 Å². The van der Waals surface area contributed by atoms with Crippen LogP contribution in [-0.4, -0.2) is 87.9 Å². The summed E-state index contributed by atoms with van der Waals surface area (Å²) in [7, 11) is 1.95. The maximum absolute atomic E-state index is 12.9. The molecule has 7 nitrogen and oxygen atoms in total. The van der Waals surface area contributed by atoms with Crippen molar-refractivity contribution in [1.82, 2.24) is 10.2 Å². The highest BCUT2D eigenvalue weighted by Crippen LogP contribution is 2.33. The fraction of sp³-hybridized carbons (Fsp3) is 0.947. The predicted molar refractivity (Wildman–Crippen MR) is 106 cm³/mol. The Bertz CT molecular complexity index is 493. The molecule has 0 spiro atoms. The first-order chi connectivity index (χ1) is 12.7. The lowest BCUT2D eigenvalue weighted by molar-refractivity contribution is -0.185. The second-order valence-electron chi connectivity index (χ2n) is 8.17. The molecule has 27 heavy (non-hydrogen) atoms. The zero-order valence-corrected chi connectivity index (χ0v) is 17.9. The number of aliphatic hydroxyl groups is 3. The number of nitrogens with one attached hydrogen (secondary N) is 1. The summed E-state index contributed by atoms with van der Waals surface area (Å²) in [5.74, 6) is -0.0481. The number of aliphatic hydroxyl groups excluding tert-OH is 3. The van der Waals surface area contributed by atoms with Crippen molar-refractivity contribution in [3.05, 3.63) is 0 Å². The molecule has 158 valence electrons. The monoisotopic (exact) mass is 404 g/mol. The van der Waals surface area contributed by atoms with E-state index >= 15 is 0 Å². The van der Waals surface area contributed by atoms with Gasteiger partial charge >= 0.3 is 0 Å². The summed E-state index contributed by atoms with van der Waals surface area (Å²) in [6.45, 7) is 6.39. The third-order valence-corrected chi connectivity index (χ3v) is 6.89. The van der Waals surface area contributed by atoms with Gasteiger partial charge in [-0.25, -0.2) is 0 Å². The molecule has 2 fully saturated rings. The Labute approximate surface area is 166 Å². The van der Waals surface area contributed by atoms with Crippen LogP contribution in [0.5, 0.6) is 0 Å². The van der Waals surface area contributed by atoms with Gasteiger partial charge in [0.25, 0.3) is 0 Å². The highest BCUT2D eigenvalue weighted by molar-refractivity contribution is 7.99. The lowest BCUT2D eigenvalue weighted by Gasteiger charge is -2.45. The Balaban J connectivity index is 2.09. The number of nitrogens with zero attached hydrogens (tertiary/aromatic N) is 1. The molecule has 0 aromatic carbocycles. The molecule has 0 aliphatic carbocycles. The number of rotatable bonds is 7. The Morgan fingerprint density at radius 1 is 1.37 bits per heavy atom. The molecule has 4 N–H and O–H groups in total. The molecule has 0 saturated carbocycles. The second-order valence-corrected chi connectivity index (χ2v) is 9.10. The van der Waals surface area contributed by atoms with Gasteiger partial charge in [-0.2, -0.15) is 0 Å². The zero-order valence-electron chi connectivity index (χ0n) is 17.0. The van der Waals surface area contributed by atoms with Crippen LogP contribution in [0.15, 0.2) is 0 Å². The van der Waals surface area contributed by atoms with Crippen molar-refractivity contribution < 1.29 is 24.9 Å². The van der Waals surface area contributed by atoms with Crippen LogP contribution in [-0.2, 0) is 9.53 Å². The molecular formula is C19H36N2O5S. The molecule has 2 rings (SSSR count). The molecule has 1 amide bonds. The van der Waals surface area contributed by atoms with Crippen molar-refractivity contribution in [3.8, 4) is 0 Å².